The number of sulfonamides is 1. The third-order valence-electron chi connectivity index (χ3n) is 2.04. The van der Waals surface area contributed by atoms with E-state index in [9.17, 15) is 8.42 Å². The van der Waals surface area contributed by atoms with Crippen molar-refractivity contribution in [3.8, 4) is 0 Å². The van der Waals surface area contributed by atoms with E-state index in [0.717, 1.165) is 11.1 Å². The summed E-state index contributed by atoms with van der Waals surface area (Å²) in [5, 5.41) is 0. The van der Waals surface area contributed by atoms with Crippen LogP contribution in [0.5, 0.6) is 0 Å². The number of benzene rings is 1. The quantitative estimate of drug-likeness (QED) is 0.807. The van der Waals surface area contributed by atoms with Crippen LogP contribution in [0.3, 0.4) is 0 Å². The normalized spacial score (nSPS) is 11.6. The van der Waals surface area contributed by atoms with Crippen molar-refractivity contribution in [1.82, 2.24) is 4.72 Å². The maximum atomic E-state index is 11.4. The van der Waals surface area contributed by atoms with E-state index in [1.807, 2.05) is 6.92 Å². The zero-order valence-electron chi connectivity index (χ0n) is 8.04. The lowest BCUT2D eigenvalue weighted by Crippen LogP contribution is -2.18. The first-order valence-corrected chi connectivity index (χ1v) is 6.12. The van der Waals surface area contributed by atoms with Crippen molar-refractivity contribution in [1.29, 1.82) is 0 Å². The second-order valence-corrected chi connectivity index (χ2v) is 5.08. The molecule has 0 saturated heterocycles. The Morgan fingerprint density at radius 1 is 1.43 bits per heavy atom. The molecule has 1 N–H and O–H groups in total. The number of hydrogen-bond donors (Lipinski definition) is 1. The fourth-order valence-corrected chi connectivity index (χ4v) is 2.15. The van der Waals surface area contributed by atoms with Gasteiger partial charge < -0.3 is 0 Å². The van der Waals surface area contributed by atoms with Gasteiger partial charge in [-0.3, -0.25) is 0 Å². The standard InChI is InChI=1S/C9H12ClNO2S/c1-7-3-4-9(5-8(7)6-10)14(12,13)11-2/h3-5,11H,6H2,1-2H3. The molecular weight excluding hydrogens is 222 g/mol. The Morgan fingerprint density at radius 3 is 2.57 bits per heavy atom. The highest BCUT2D eigenvalue weighted by atomic mass is 35.5. The lowest BCUT2D eigenvalue weighted by Gasteiger charge is -2.06. The minimum atomic E-state index is -3.36. The van der Waals surface area contributed by atoms with E-state index in [2.05, 4.69) is 4.72 Å². The Morgan fingerprint density at radius 2 is 2.07 bits per heavy atom. The van der Waals surface area contributed by atoms with Gasteiger partial charge in [-0.15, -0.1) is 11.6 Å². The number of alkyl halides is 1. The third-order valence-corrected chi connectivity index (χ3v) is 3.74. The predicted molar refractivity (Wildman–Crippen MR) is 57.0 cm³/mol. The van der Waals surface area contributed by atoms with Crippen LogP contribution in [0.25, 0.3) is 0 Å². The monoisotopic (exact) mass is 233 g/mol. The highest BCUT2D eigenvalue weighted by Gasteiger charge is 2.12. The van der Waals surface area contributed by atoms with E-state index in [4.69, 9.17) is 11.6 Å². The first-order valence-electron chi connectivity index (χ1n) is 4.10. The number of hydrogen-bond acceptors (Lipinski definition) is 2. The molecule has 5 heteroatoms. The van der Waals surface area contributed by atoms with Gasteiger partial charge >= 0.3 is 0 Å². The van der Waals surface area contributed by atoms with Crippen molar-refractivity contribution >= 4 is 21.6 Å². The first-order chi connectivity index (χ1) is 6.51. The van der Waals surface area contributed by atoms with Gasteiger partial charge in [0.1, 0.15) is 0 Å². The molecule has 0 spiro atoms. The maximum Gasteiger partial charge on any atom is 0.240 e. The summed E-state index contributed by atoms with van der Waals surface area (Å²) >= 11 is 5.68. The van der Waals surface area contributed by atoms with Crippen molar-refractivity contribution in [2.24, 2.45) is 0 Å². The molecule has 0 bridgehead atoms. The van der Waals surface area contributed by atoms with Crippen molar-refractivity contribution < 1.29 is 8.42 Å². The van der Waals surface area contributed by atoms with E-state index in [-0.39, 0.29) is 4.90 Å². The van der Waals surface area contributed by atoms with Gasteiger partial charge in [-0.2, -0.15) is 0 Å². The van der Waals surface area contributed by atoms with Crippen molar-refractivity contribution in [2.75, 3.05) is 7.05 Å². The van der Waals surface area contributed by atoms with Gasteiger partial charge in [-0.05, 0) is 37.2 Å². The van der Waals surface area contributed by atoms with Gasteiger partial charge in [0.2, 0.25) is 10.0 Å². The van der Waals surface area contributed by atoms with Crippen LogP contribution in [0.15, 0.2) is 23.1 Å². The number of nitrogens with one attached hydrogen (secondary N) is 1. The zero-order valence-corrected chi connectivity index (χ0v) is 9.61. The molecule has 3 nitrogen and oxygen atoms in total. The molecule has 78 valence electrons. The van der Waals surface area contributed by atoms with Crippen LogP contribution in [0.2, 0.25) is 0 Å². The zero-order chi connectivity index (χ0) is 10.8. The summed E-state index contributed by atoms with van der Waals surface area (Å²) < 4.78 is 25.1. The van der Waals surface area contributed by atoms with E-state index in [1.165, 1.54) is 7.05 Å². The van der Waals surface area contributed by atoms with Crippen molar-refractivity contribution in [2.45, 2.75) is 17.7 Å². The summed E-state index contributed by atoms with van der Waals surface area (Å²) in [5.41, 5.74) is 1.83. The summed E-state index contributed by atoms with van der Waals surface area (Å²) in [4.78, 5) is 0.251. The number of aryl methyl sites for hydroxylation is 1. The number of halogens is 1. The third kappa shape index (κ3) is 2.26. The number of rotatable bonds is 3. The van der Waals surface area contributed by atoms with Crippen molar-refractivity contribution in [3.05, 3.63) is 29.3 Å². The molecule has 0 fully saturated rings. The van der Waals surface area contributed by atoms with Gasteiger partial charge in [0.25, 0.3) is 0 Å². The molecule has 0 aliphatic rings. The molecule has 0 unspecified atom stereocenters. The van der Waals surface area contributed by atoms with Crippen LogP contribution in [0.1, 0.15) is 11.1 Å². The predicted octanol–water partition coefficient (Wildman–Crippen LogP) is 1.64. The van der Waals surface area contributed by atoms with Crippen LogP contribution in [0.4, 0.5) is 0 Å². The Hall–Kier alpha value is -0.580. The fraction of sp³-hybridized carbons (Fsp3) is 0.333. The molecule has 0 radical (unpaired) electrons. The summed E-state index contributed by atoms with van der Waals surface area (Å²) in [6.07, 6.45) is 0. The molecule has 14 heavy (non-hydrogen) atoms. The SMILES string of the molecule is CNS(=O)(=O)c1ccc(C)c(CCl)c1. The van der Waals surface area contributed by atoms with Gasteiger partial charge in [0, 0.05) is 5.88 Å². The van der Waals surface area contributed by atoms with E-state index in [1.54, 1.807) is 18.2 Å². The lowest BCUT2D eigenvalue weighted by molar-refractivity contribution is 0.588. The maximum absolute atomic E-state index is 11.4. The summed E-state index contributed by atoms with van der Waals surface area (Å²) in [6.45, 7) is 1.90. The second-order valence-electron chi connectivity index (χ2n) is 2.93. The molecule has 0 saturated carbocycles. The first kappa shape index (κ1) is 11.5. The second kappa shape index (κ2) is 4.29. The van der Waals surface area contributed by atoms with Crippen LogP contribution in [-0.4, -0.2) is 15.5 Å². The molecule has 0 heterocycles. The Bertz CT molecular complexity index is 428. The minimum Gasteiger partial charge on any atom is -0.214 e. The molecule has 0 aliphatic heterocycles. The lowest BCUT2D eigenvalue weighted by atomic mass is 10.1. The highest BCUT2D eigenvalue weighted by Crippen LogP contribution is 2.16. The average Bonchev–Trinajstić information content (AvgIpc) is 2.18. The summed E-state index contributed by atoms with van der Waals surface area (Å²) in [7, 11) is -1.97. The molecule has 1 rings (SSSR count). The van der Waals surface area contributed by atoms with E-state index >= 15 is 0 Å². The van der Waals surface area contributed by atoms with Crippen LogP contribution >= 0.6 is 11.6 Å². The Balaban J connectivity index is 3.26. The molecular formula is C9H12ClNO2S. The average molecular weight is 234 g/mol. The Labute approximate surface area is 89.1 Å². The van der Waals surface area contributed by atoms with Gasteiger partial charge in [-0.25, -0.2) is 13.1 Å². The van der Waals surface area contributed by atoms with E-state index in [0.29, 0.717) is 5.88 Å². The van der Waals surface area contributed by atoms with E-state index < -0.39 is 10.0 Å². The molecule has 1 aromatic carbocycles. The van der Waals surface area contributed by atoms with Crippen molar-refractivity contribution in [3.63, 3.8) is 0 Å². The van der Waals surface area contributed by atoms with Crippen LogP contribution < -0.4 is 4.72 Å². The highest BCUT2D eigenvalue weighted by molar-refractivity contribution is 7.89. The molecule has 0 atom stereocenters. The molecule has 0 amide bonds. The smallest absolute Gasteiger partial charge is 0.214 e. The largest absolute Gasteiger partial charge is 0.240 e. The van der Waals surface area contributed by atoms with Gasteiger partial charge in [-0.1, -0.05) is 6.07 Å². The van der Waals surface area contributed by atoms with Crippen LogP contribution in [-0.2, 0) is 15.9 Å². The summed E-state index contributed by atoms with van der Waals surface area (Å²) in [6, 6.07) is 4.91. The van der Waals surface area contributed by atoms with Gasteiger partial charge in [0.05, 0.1) is 4.90 Å². The van der Waals surface area contributed by atoms with Gasteiger partial charge in [0.15, 0.2) is 0 Å². The topological polar surface area (TPSA) is 46.2 Å². The minimum absolute atomic E-state index is 0.251. The molecule has 0 aromatic heterocycles. The molecule has 1 aromatic rings. The van der Waals surface area contributed by atoms with Crippen LogP contribution in [0, 0.1) is 6.92 Å². The Kier molecular flexibility index (Phi) is 3.53. The summed E-state index contributed by atoms with van der Waals surface area (Å²) in [5.74, 6) is 0.318. The molecule has 0 aliphatic carbocycles. The fourth-order valence-electron chi connectivity index (χ4n) is 1.08.